The number of nitrogens with two attached hydrogens (primary N) is 1. The number of anilines is 1. The van der Waals surface area contributed by atoms with E-state index in [-0.39, 0.29) is 35.9 Å². The van der Waals surface area contributed by atoms with E-state index in [2.05, 4.69) is 32.3 Å². The second-order valence-electron chi connectivity index (χ2n) is 6.39. The molecule has 1 amide bonds. The number of aryl methyl sites for hydroxylation is 1. The number of nitrogens with zero attached hydrogens (tertiary/aromatic N) is 5. The molecular formula is C20H20LiN7O3. The first-order valence-electron chi connectivity index (χ1n) is 9.20. The van der Waals surface area contributed by atoms with Crippen molar-refractivity contribution in [3.05, 3.63) is 48.2 Å². The fourth-order valence-corrected chi connectivity index (χ4v) is 2.64. The van der Waals surface area contributed by atoms with Crippen LogP contribution in [-0.2, 0) is 13.6 Å². The maximum absolute atomic E-state index is 12.5. The van der Waals surface area contributed by atoms with Gasteiger partial charge in [-0.25, -0.2) is 4.98 Å². The normalized spacial score (nSPS) is 10.0. The van der Waals surface area contributed by atoms with Crippen LogP contribution in [0.2, 0.25) is 0 Å². The zero-order valence-corrected chi connectivity index (χ0v) is 17.3. The van der Waals surface area contributed by atoms with Crippen LogP contribution in [0.4, 0.5) is 5.69 Å². The molecule has 0 aliphatic rings. The Hall–Kier alpha value is -3.37. The van der Waals surface area contributed by atoms with Crippen LogP contribution in [0.15, 0.2) is 36.8 Å². The van der Waals surface area contributed by atoms with Gasteiger partial charge in [0.1, 0.15) is 17.9 Å². The molecule has 11 heteroatoms. The van der Waals surface area contributed by atoms with Gasteiger partial charge >= 0.3 is 18.9 Å². The Bertz CT molecular complexity index is 1130. The number of carboxylic acid groups (broad SMARTS) is 1. The molecule has 154 valence electrons. The van der Waals surface area contributed by atoms with Gasteiger partial charge in [0, 0.05) is 31.4 Å². The molecule has 3 heterocycles. The number of pyridine rings is 1. The predicted molar refractivity (Wildman–Crippen MR) is 107 cm³/mol. The molecule has 31 heavy (non-hydrogen) atoms. The van der Waals surface area contributed by atoms with E-state index in [0.717, 1.165) is 18.4 Å². The Morgan fingerprint density at radius 2 is 2.06 bits per heavy atom. The molecule has 0 saturated carbocycles. The van der Waals surface area contributed by atoms with E-state index in [1.165, 1.54) is 16.9 Å². The molecule has 0 aliphatic heterocycles. The van der Waals surface area contributed by atoms with E-state index in [4.69, 9.17) is 5.73 Å². The average Bonchev–Trinajstić information content (AvgIpc) is 3.34. The van der Waals surface area contributed by atoms with Crippen LogP contribution in [0.3, 0.4) is 0 Å². The molecule has 0 saturated heterocycles. The summed E-state index contributed by atoms with van der Waals surface area (Å²) in [6, 6.07) is 4.97. The van der Waals surface area contributed by atoms with Gasteiger partial charge < -0.3 is 21.0 Å². The molecule has 3 aromatic heterocycles. The zero-order valence-electron chi connectivity index (χ0n) is 17.3. The number of hydrogen-bond donors (Lipinski definition) is 2. The van der Waals surface area contributed by atoms with Crippen LogP contribution in [0, 0.1) is 11.8 Å². The molecule has 3 N–H and O–H groups in total. The summed E-state index contributed by atoms with van der Waals surface area (Å²) in [5.74, 6) is 4.01. The van der Waals surface area contributed by atoms with Crippen LogP contribution in [0.1, 0.15) is 33.8 Å². The third-order valence-electron chi connectivity index (χ3n) is 4.05. The van der Waals surface area contributed by atoms with Gasteiger partial charge in [-0.1, -0.05) is 12.0 Å². The molecule has 0 bridgehead atoms. The van der Waals surface area contributed by atoms with Crippen molar-refractivity contribution in [3.8, 4) is 23.1 Å². The van der Waals surface area contributed by atoms with E-state index in [0.29, 0.717) is 18.8 Å². The van der Waals surface area contributed by atoms with Gasteiger partial charge in [-0.2, -0.15) is 10.2 Å². The fraction of sp³-hybridized carbons (Fsp3) is 0.250. The summed E-state index contributed by atoms with van der Waals surface area (Å²) < 4.78 is 2.96. The second-order valence-corrected chi connectivity index (χ2v) is 6.39. The van der Waals surface area contributed by atoms with Crippen molar-refractivity contribution >= 4 is 17.6 Å². The number of carbonyl (C=O) groups excluding carboxylic acids is 2. The Balaban J connectivity index is 0.00000341. The number of rotatable bonds is 7. The smallest absolute Gasteiger partial charge is 0.543 e. The molecule has 3 aromatic rings. The Morgan fingerprint density at radius 1 is 1.26 bits per heavy atom. The number of hydrogen-bond acceptors (Lipinski definition) is 7. The van der Waals surface area contributed by atoms with Crippen molar-refractivity contribution < 1.29 is 33.6 Å². The second kappa shape index (κ2) is 11.1. The minimum Gasteiger partial charge on any atom is -0.543 e. The number of amides is 1. The summed E-state index contributed by atoms with van der Waals surface area (Å²) in [6.45, 7) is 1.06. The quantitative estimate of drug-likeness (QED) is 0.239. The molecule has 3 rings (SSSR count). The number of carbonyl (C=O) groups is 2. The standard InChI is InChI=1S/C20H21N7O3.Li/c1-26-13-17(18(25-26)20(29)30)24-19(28)16-8-6-7-15(23-16)14-11-22-27(12-14)10-5-3-2-4-9-21;/h6-8,11-13H,2,4,9-10,21H2,1H3,(H,24,28)(H,29,30);/q;+1/p-1. The zero-order chi connectivity index (χ0) is 21.5. The third-order valence-corrected chi connectivity index (χ3v) is 4.05. The van der Waals surface area contributed by atoms with Crippen molar-refractivity contribution in [1.29, 1.82) is 0 Å². The van der Waals surface area contributed by atoms with Crippen LogP contribution in [0.5, 0.6) is 0 Å². The SMILES string of the molecule is Cn1cc(NC(=O)c2cccc(-c3cnn(CC#CCCCN)c3)n2)c(C(=O)[O-])n1.[Li+]. The van der Waals surface area contributed by atoms with Crippen molar-refractivity contribution in [2.75, 3.05) is 11.9 Å². The Morgan fingerprint density at radius 3 is 2.81 bits per heavy atom. The van der Waals surface area contributed by atoms with Gasteiger partial charge in [-0.05, 0) is 25.1 Å². The average molecular weight is 413 g/mol. The van der Waals surface area contributed by atoms with Crippen LogP contribution in [0.25, 0.3) is 11.3 Å². The van der Waals surface area contributed by atoms with Gasteiger partial charge in [0.25, 0.3) is 5.91 Å². The summed E-state index contributed by atoms with van der Waals surface area (Å²) in [6.07, 6.45) is 6.42. The number of nitrogens with one attached hydrogen (secondary N) is 1. The minimum absolute atomic E-state index is 0. The molecule has 0 atom stereocenters. The van der Waals surface area contributed by atoms with Crippen LogP contribution >= 0.6 is 0 Å². The van der Waals surface area contributed by atoms with Crippen molar-refractivity contribution in [2.24, 2.45) is 12.8 Å². The summed E-state index contributed by atoms with van der Waals surface area (Å²) >= 11 is 0. The molecule has 0 fully saturated rings. The van der Waals surface area contributed by atoms with Gasteiger partial charge in [0.2, 0.25) is 0 Å². The molecule has 0 aliphatic carbocycles. The number of aromatic carboxylic acids is 1. The van der Waals surface area contributed by atoms with E-state index in [1.54, 1.807) is 36.3 Å². The van der Waals surface area contributed by atoms with Crippen LogP contribution in [-0.4, -0.2) is 43.0 Å². The summed E-state index contributed by atoms with van der Waals surface area (Å²) in [4.78, 5) is 28.0. The Kier molecular flexibility index (Phi) is 8.59. The molecule has 10 nitrogen and oxygen atoms in total. The topological polar surface area (TPSA) is 144 Å². The minimum atomic E-state index is -1.48. The van der Waals surface area contributed by atoms with Gasteiger partial charge in [0.05, 0.1) is 23.5 Å². The first-order chi connectivity index (χ1) is 14.5. The van der Waals surface area contributed by atoms with Gasteiger partial charge in [-0.3, -0.25) is 14.2 Å². The van der Waals surface area contributed by atoms with E-state index in [1.807, 2.05) is 0 Å². The monoisotopic (exact) mass is 413 g/mol. The molecule has 0 aromatic carbocycles. The molecule has 0 spiro atoms. The van der Waals surface area contributed by atoms with Crippen molar-refractivity contribution in [2.45, 2.75) is 19.4 Å². The Labute approximate surface area is 191 Å². The third kappa shape index (κ3) is 6.30. The summed E-state index contributed by atoms with van der Waals surface area (Å²) in [5.41, 5.74) is 6.52. The molecular weight excluding hydrogens is 393 g/mol. The number of aromatic nitrogens is 5. The molecule has 0 unspecified atom stereocenters. The van der Waals surface area contributed by atoms with Crippen molar-refractivity contribution in [1.82, 2.24) is 24.5 Å². The largest absolute Gasteiger partial charge is 1.00 e. The predicted octanol–water partition coefficient (Wildman–Crippen LogP) is -2.96. The van der Waals surface area contributed by atoms with E-state index >= 15 is 0 Å². The summed E-state index contributed by atoms with van der Waals surface area (Å²) in [7, 11) is 1.54. The maximum Gasteiger partial charge on any atom is 1.00 e. The van der Waals surface area contributed by atoms with Crippen molar-refractivity contribution in [3.63, 3.8) is 0 Å². The number of carboxylic acids is 1. The first kappa shape index (κ1) is 23.9. The van der Waals surface area contributed by atoms with E-state index < -0.39 is 11.9 Å². The fourth-order valence-electron chi connectivity index (χ4n) is 2.64. The summed E-state index contributed by atoms with van der Waals surface area (Å²) in [5, 5.41) is 21.7. The van der Waals surface area contributed by atoms with Crippen LogP contribution < -0.4 is 35.0 Å². The molecule has 0 radical (unpaired) electrons. The maximum atomic E-state index is 12.5. The van der Waals surface area contributed by atoms with E-state index in [9.17, 15) is 14.7 Å². The van der Waals surface area contributed by atoms with Gasteiger partial charge in [-0.15, -0.1) is 5.92 Å². The van der Waals surface area contributed by atoms with Gasteiger partial charge in [0.15, 0.2) is 0 Å². The number of unbranched alkanes of at least 4 members (excludes halogenated alkanes) is 1. The first-order valence-corrected chi connectivity index (χ1v) is 9.20.